The highest BCUT2D eigenvalue weighted by molar-refractivity contribution is 5.78. The number of carbonyl (C=O) groups is 1. The van der Waals surface area contributed by atoms with Crippen LogP contribution in [0.5, 0.6) is 0 Å². The zero-order chi connectivity index (χ0) is 11.3. The minimum atomic E-state index is -0.0942. The molecule has 0 aromatic rings. The Kier molecular flexibility index (Phi) is 5.22. The second-order valence-corrected chi connectivity index (χ2v) is 4.28. The smallest absolute Gasteiger partial charge is 0.225 e. The van der Waals surface area contributed by atoms with E-state index in [9.17, 15) is 4.79 Å². The molecule has 0 rings (SSSR count). The van der Waals surface area contributed by atoms with E-state index in [0.29, 0.717) is 12.5 Å². The zero-order valence-corrected chi connectivity index (χ0v) is 9.74. The van der Waals surface area contributed by atoms with Gasteiger partial charge in [0.15, 0.2) is 0 Å². The molecule has 0 aromatic heterocycles. The molecular formula is C11H20N2O. The fourth-order valence-corrected chi connectivity index (χ4v) is 1.17. The van der Waals surface area contributed by atoms with Crippen LogP contribution < -0.4 is 0 Å². The number of hydrogen-bond acceptors (Lipinski definition) is 2. The van der Waals surface area contributed by atoms with Crippen molar-refractivity contribution in [2.75, 3.05) is 13.6 Å². The molecule has 1 amide bonds. The van der Waals surface area contributed by atoms with Gasteiger partial charge in [-0.1, -0.05) is 20.8 Å². The van der Waals surface area contributed by atoms with Gasteiger partial charge in [-0.15, -0.1) is 0 Å². The van der Waals surface area contributed by atoms with E-state index in [1.807, 2.05) is 27.7 Å². The molecule has 80 valence electrons. The van der Waals surface area contributed by atoms with Crippen LogP contribution in [-0.2, 0) is 4.79 Å². The van der Waals surface area contributed by atoms with Crippen LogP contribution in [0.2, 0.25) is 0 Å². The molecule has 0 radical (unpaired) electrons. The van der Waals surface area contributed by atoms with Crippen LogP contribution in [0.4, 0.5) is 0 Å². The Hall–Kier alpha value is -1.04. The summed E-state index contributed by atoms with van der Waals surface area (Å²) in [5, 5.41) is 8.63. The molecule has 0 saturated carbocycles. The maximum Gasteiger partial charge on any atom is 0.225 e. The molecule has 0 aliphatic carbocycles. The summed E-state index contributed by atoms with van der Waals surface area (Å²) in [4.78, 5) is 13.4. The van der Waals surface area contributed by atoms with Crippen LogP contribution in [0.15, 0.2) is 0 Å². The van der Waals surface area contributed by atoms with Gasteiger partial charge < -0.3 is 4.90 Å². The minimum Gasteiger partial charge on any atom is -0.344 e. The molecule has 0 spiro atoms. The molecule has 3 nitrogen and oxygen atoms in total. The van der Waals surface area contributed by atoms with Crippen molar-refractivity contribution in [2.45, 2.75) is 27.7 Å². The lowest BCUT2D eigenvalue weighted by Crippen LogP contribution is -2.36. The van der Waals surface area contributed by atoms with Crippen molar-refractivity contribution in [1.82, 2.24) is 4.90 Å². The summed E-state index contributed by atoms with van der Waals surface area (Å²) < 4.78 is 0. The van der Waals surface area contributed by atoms with E-state index in [0.717, 1.165) is 0 Å². The number of amides is 1. The van der Waals surface area contributed by atoms with E-state index in [2.05, 4.69) is 6.07 Å². The number of nitrogens with zero attached hydrogens (tertiary/aromatic N) is 2. The van der Waals surface area contributed by atoms with Crippen LogP contribution in [-0.4, -0.2) is 24.4 Å². The molecule has 0 fully saturated rings. The first-order valence-electron chi connectivity index (χ1n) is 5.04. The summed E-state index contributed by atoms with van der Waals surface area (Å²) >= 11 is 0. The molecule has 0 aliphatic heterocycles. The average molecular weight is 196 g/mol. The monoisotopic (exact) mass is 196 g/mol. The highest BCUT2D eigenvalue weighted by Crippen LogP contribution is 2.13. The fraction of sp³-hybridized carbons (Fsp3) is 0.818. The van der Waals surface area contributed by atoms with Gasteiger partial charge in [-0.2, -0.15) is 5.26 Å². The second kappa shape index (κ2) is 5.64. The molecule has 14 heavy (non-hydrogen) atoms. The predicted octanol–water partition coefficient (Wildman–Crippen LogP) is 1.90. The zero-order valence-electron chi connectivity index (χ0n) is 9.74. The number of carbonyl (C=O) groups excluding carboxylic acids is 1. The Labute approximate surface area is 86.7 Å². The number of rotatable bonds is 4. The van der Waals surface area contributed by atoms with Crippen LogP contribution in [0.25, 0.3) is 0 Å². The maximum atomic E-state index is 11.8. The second-order valence-electron chi connectivity index (χ2n) is 4.28. The highest BCUT2D eigenvalue weighted by atomic mass is 16.2. The molecule has 2 unspecified atom stereocenters. The SMILES string of the molecule is CC(C#N)CN(C)C(=O)C(C)C(C)C. The molecule has 3 heteroatoms. The molecule has 0 N–H and O–H groups in total. The normalized spacial score (nSPS) is 14.6. The van der Waals surface area contributed by atoms with E-state index in [4.69, 9.17) is 5.26 Å². The fourth-order valence-electron chi connectivity index (χ4n) is 1.17. The van der Waals surface area contributed by atoms with Gasteiger partial charge in [0, 0.05) is 19.5 Å². The Balaban J connectivity index is 4.20. The lowest BCUT2D eigenvalue weighted by atomic mass is 9.96. The third kappa shape index (κ3) is 3.78. The Morgan fingerprint density at radius 1 is 1.36 bits per heavy atom. The summed E-state index contributed by atoms with van der Waals surface area (Å²) in [6, 6.07) is 2.12. The van der Waals surface area contributed by atoms with E-state index in [-0.39, 0.29) is 17.7 Å². The lowest BCUT2D eigenvalue weighted by Gasteiger charge is -2.24. The van der Waals surface area contributed by atoms with Crippen LogP contribution >= 0.6 is 0 Å². The van der Waals surface area contributed by atoms with Crippen molar-refractivity contribution in [3.63, 3.8) is 0 Å². The predicted molar refractivity (Wildman–Crippen MR) is 56.4 cm³/mol. The summed E-state index contributed by atoms with van der Waals surface area (Å²) in [7, 11) is 1.76. The molecular weight excluding hydrogens is 176 g/mol. The van der Waals surface area contributed by atoms with E-state index in [1.54, 1.807) is 11.9 Å². The van der Waals surface area contributed by atoms with Crippen molar-refractivity contribution in [3.05, 3.63) is 0 Å². The number of nitriles is 1. The summed E-state index contributed by atoms with van der Waals surface area (Å²) in [5.74, 6) is 0.415. The molecule has 2 atom stereocenters. The summed E-state index contributed by atoms with van der Waals surface area (Å²) in [5.41, 5.74) is 0. The van der Waals surface area contributed by atoms with Gasteiger partial charge in [0.05, 0.1) is 12.0 Å². The Bertz CT molecular complexity index is 230. The van der Waals surface area contributed by atoms with Gasteiger partial charge in [0.1, 0.15) is 0 Å². The van der Waals surface area contributed by atoms with Gasteiger partial charge in [-0.05, 0) is 12.8 Å². The molecule has 0 aromatic carbocycles. The first-order chi connectivity index (χ1) is 6.40. The third-order valence-corrected chi connectivity index (χ3v) is 2.53. The van der Waals surface area contributed by atoms with Crippen molar-refractivity contribution in [1.29, 1.82) is 5.26 Å². The van der Waals surface area contributed by atoms with Gasteiger partial charge in [0.2, 0.25) is 5.91 Å². The maximum absolute atomic E-state index is 11.8. The number of hydrogen-bond donors (Lipinski definition) is 0. The quantitative estimate of drug-likeness (QED) is 0.689. The molecule has 0 bridgehead atoms. The Morgan fingerprint density at radius 3 is 2.21 bits per heavy atom. The van der Waals surface area contributed by atoms with Crippen molar-refractivity contribution in [3.8, 4) is 6.07 Å². The van der Waals surface area contributed by atoms with Gasteiger partial charge in [-0.3, -0.25) is 4.79 Å². The van der Waals surface area contributed by atoms with Crippen LogP contribution in [0.3, 0.4) is 0 Å². The van der Waals surface area contributed by atoms with Gasteiger partial charge in [0.25, 0.3) is 0 Å². The lowest BCUT2D eigenvalue weighted by molar-refractivity contribution is -0.135. The largest absolute Gasteiger partial charge is 0.344 e. The highest BCUT2D eigenvalue weighted by Gasteiger charge is 2.21. The average Bonchev–Trinajstić information content (AvgIpc) is 2.14. The van der Waals surface area contributed by atoms with E-state index >= 15 is 0 Å². The Morgan fingerprint density at radius 2 is 1.86 bits per heavy atom. The van der Waals surface area contributed by atoms with Crippen molar-refractivity contribution in [2.24, 2.45) is 17.8 Å². The van der Waals surface area contributed by atoms with Gasteiger partial charge in [-0.25, -0.2) is 0 Å². The third-order valence-electron chi connectivity index (χ3n) is 2.53. The van der Waals surface area contributed by atoms with Gasteiger partial charge >= 0.3 is 0 Å². The summed E-state index contributed by atoms with van der Waals surface area (Å²) in [6.07, 6.45) is 0. The molecule has 0 heterocycles. The molecule has 0 aliphatic rings. The van der Waals surface area contributed by atoms with E-state index < -0.39 is 0 Å². The van der Waals surface area contributed by atoms with Crippen LogP contribution in [0.1, 0.15) is 27.7 Å². The summed E-state index contributed by atoms with van der Waals surface area (Å²) in [6.45, 7) is 8.34. The van der Waals surface area contributed by atoms with Crippen LogP contribution in [0, 0.1) is 29.1 Å². The topological polar surface area (TPSA) is 44.1 Å². The van der Waals surface area contributed by atoms with E-state index in [1.165, 1.54) is 0 Å². The van der Waals surface area contributed by atoms with Crippen molar-refractivity contribution >= 4 is 5.91 Å². The first-order valence-corrected chi connectivity index (χ1v) is 5.04. The minimum absolute atomic E-state index is 0.0332. The first kappa shape index (κ1) is 13.0. The standard InChI is InChI=1S/C11H20N2O/c1-8(2)10(4)11(14)13(5)7-9(3)6-12/h8-10H,7H2,1-5H3. The molecule has 0 saturated heterocycles. The van der Waals surface area contributed by atoms with Crippen molar-refractivity contribution < 1.29 is 4.79 Å².